The number of imidazole rings is 1. The van der Waals surface area contributed by atoms with E-state index in [-0.39, 0.29) is 16.7 Å². The average Bonchev–Trinajstić information content (AvgIpc) is 2.60. The molecule has 0 spiro atoms. The van der Waals surface area contributed by atoms with Crippen molar-refractivity contribution in [1.82, 2.24) is 9.55 Å². The molecule has 0 unspecified atom stereocenters. The highest BCUT2D eigenvalue weighted by molar-refractivity contribution is 6.33. The molecule has 0 fully saturated rings. The second-order valence-corrected chi connectivity index (χ2v) is 3.87. The number of nitrogens with zero attached hydrogens (tertiary/aromatic N) is 3. The van der Waals surface area contributed by atoms with Crippen LogP contribution < -0.4 is 0 Å². The van der Waals surface area contributed by atoms with Crippen LogP contribution in [0.4, 0.5) is 10.3 Å². The van der Waals surface area contributed by atoms with Gasteiger partial charge in [-0.1, -0.05) is 18.2 Å². The summed E-state index contributed by atoms with van der Waals surface area (Å²) in [7, 11) is 1.52. The third kappa shape index (κ3) is 3.27. The lowest BCUT2D eigenvalue weighted by Gasteiger charge is -1.99. The molecule has 1 aromatic heterocycles. The van der Waals surface area contributed by atoms with Gasteiger partial charge in [0, 0.05) is 12.8 Å². The van der Waals surface area contributed by atoms with E-state index in [4.69, 9.17) is 16.7 Å². The van der Waals surface area contributed by atoms with Gasteiger partial charge in [0.25, 0.3) is 0 Å². The van der Waals surface area contributed by atoms with Crippen LogP contribution in [0.15, 0.2) is 34.7 Å². The smallest absolute Gasteiger partial charge is 0.354 e. The Hall–Kier alpha value is -1.95. The fourth-order valence-corrected chi connectivity index (χ4v) is 1.31. The zero-order chi connectivity index (χ0) is 13.9. The molecule has 5 nitrogen and oxygen atoms in total. The predicted molar refractivity (Wildman–Crippen MR) is 67.1 cm³/mol. The van der Waals surface area contributed by atoms with E-state index in [0.29, 0.717) is 5.71 Å². The van der Waals surface area contributed by atoms with E-state index in [0.717, 1.165) is 0 Å². The number of aliphatic imine (C=N–C) groups is 1. The maximum Gasteiger partial charge on any atom is 0.354 e. The lowest BCUT2D eigenvalue weighted by Crippen LogP contribution is -2.03. The largest absolute Gasteiger partial charge is 0.477 e. The van der Waals surface area contributed by atoms with Gasteiger partial charge in [-0.3, -0.25) is 0 Å². The van der Waals surface area contributed by atoms with Crippen molar-refractivity contribution in [2.75, 3.05) is 0 Å². The van der Waals surface area contributed by atoms with E-state index >= 15 is 0 Å². The highest BCUT2D eigenvalue weighted by atomic mass is 35.5. The van der Waals surface area contributed by atoms with Gasteiger partial charge >= 0.3 is 5.97 Å². The molecule has 0 saturated heterocycles. The van der Waals surface area contributed by atoms with Crippen LogP contribution in [0.3, 0.4) is 0 Å². The first kappa shape index (κ1) is 14.1. The van der Waals surface area contributed by atoms with Crippen molar-refractivity contribution in [3.63, 3.8) is 0 Å². The quantitative estimate of drug-likeness (QED) is 0.676. The van der Waals surface area contributed by atoms with Gasteiger partial charge in [-0.2, -0.15) is 0 Å². The van der Waals surface area contributed by atoms with Gasteiger partial charge in [-0.15, -0.1) is 0 Å². The third-order valence-corrected chi connectivity index (χ3v) is 2.37. The molecule has 0 radical (unpaired) electrons. The van der Waals surface area contributed by atoms with E-state index in [2.05, 4.69) is 16.6 Å². The Morgan fingerprint density at radius 2 is 2.33 bits per heavy atom. The minimum absolute atomic E-state index is 0.00604. The molecule has 0 bridgehead atoms. The van der Waals surface area contributed by atoms with Crippen LogP contribution in [0.2, 0.25) is 0 Å². The number of carbonyl (C=O) groups is 1. The van der Waals surface area contributed by atoms with E-state index < -0.39 is 11.8 Å². The van der Waals surface area contributed by atoms with Gasteiger partial charge in [-0.05, 0) is 13.0 Å². The summed E-state index contributed by atoms with van der Waals surface area (Å²) < 4.78 is 13.9. The van der Waals surface area contributed by atoms with E-state index in [1.165, 1.54) is 23.9 Å². The molecule has 0 aliphatic carbocycles. The van der Waals surface area contributed by atoms with Crippen LogP contribution in [-0.2, 0) is 7.05 Å². The fourth-order valence-electron chi connectivity index (χ4n) is 1.15. The van der Waals surface area contributed by atoms with Crippen molar-refractivity contribution < 1.29 is 14.3 Å². The zero-order valence-corrected chi connectivity index (χ0v) is 10.6. The minimum Gasteiger partial charge on any atom is -0.477 e. The molecule has 0 saturated carbocycles. The Kier molecular flexibility index (Phi) is 4.38. The van der Waals surface area contributed by atoms with Crippen molar-refractivity contribution in [3.8, 4) is 0 Å². The van der Waals surface area contributed by atoms with Gasteiger partial charge in [0.2, 0.25) is 5.95 Å². The van der Waals surface area contributed by atoms with Crippen molar-refractivity contribution in [1.29, 1.82) is 0 Å². The van der Waals surface area contributed by atoms with E-state index in [1.807, 2.05) is 0 Å². The first-order chi connectivity index (χ1) is 8.32. The summed E-state index contributed by atoms with van der Waals surface area (Å²) >= 11 is 5.56. The first-order valence-corrected chi connectivity index (χ1v) is 5.23. The second kappa shape index (κ2) is 5.59. The predicted octanol–water partition coefficient (Wildman–Crippen LogP) is 2.82. The Morgan fingerprint density at radius 1 is 1.72 bits per heavy atom. The van der Waals surface area contributed by atoms with Crippen LogP contribution in [0.5, 0.6) is 0 Å². The summed E-state index contributed by atoms with van der Waals surface area (Å²) in [4.78, 5) is 18.6. The summed E-state index contributed by atoms with van der Waals surface area (Å²) in [5.41, 5.74) is 0.385. The Labute approximate surface area is 108 Å². The Morgan fingerprint density at radius 3 is 2.78 bits per heavy atom. The lowest BCUT2D eigenvalue weighted by molar-refractivity contribution is 0.0686. The van der Waals surface area contributed by atoms with Gasteiger partial charge in [0.05, 0.1) is 11.2 Å². The number of carboxylic acids is 1. The van der Waals surface area contributed by atoms with E-state index in [1.54, 1.807) is 6.92 Å². The Balaban J connectivity index is 3.07. The SMILES string of the molecule is C=C(F)/C(Cl)=C\C(C)=Nc1ncc(C(=O)O)n1C. The van der Waals surface area contributed by atoms with Crippen LogP contribution in [0.25, 0.3) is 0 Å². The van der Waals surface area contributed by atoms with Crippen LogP contribution in [0.1, 0.15) is 17.4 Å². The molecule has 18 heavy (non-hydrogen) atoms. The van der Waals surface area contributed by atoms with Crippen molar-refractivity contribution in [2.45, 2.75) is 6.92 Å². The Bertz CT molecular complexity index is 561. The summed E-state index contributed by atoms with van der Waals surface area (Å²) in [6, 6.07) is 0. The molecule has 1 N–H and O–H groups in total. The number of hydrogen-bond donors (Lipinski definition) is 1. The van der Waals surface area contributed by atoms with Crippen molar-refractivity contribution >= 4 is 29.2 Å². The number of aromatic nitrogens is 2. The number of allylic oxidation sites excluding steroid dienone is 3. The monoisotopic (exact) mass is 271 g/mol. The molecule has 1 heterocycles. The lowest BCUT2D eigenvalue weighted by atomic mass is 10.3. The molecule has 0 aromatic carbocycles. The summed E-state index contributed by atoms with van der Waals surface area (Å²) in [6.45, 7) is 4.62. The number of aromatic carboxylic acids is 1. The van der Waals surface area contributed by atoms with Crippen LogP contribution >= 0.6 is 11.6 Å². The fraction of sp³-hybridized carbons (Fsp3) is 0.182. The standard InChI is InChI=1S/C11H11ClFN3O2/c1-6(4-8(12)7(2)13)15-11-14-5-9(10(17)18)16(11)3/h4-5H,2H2,1,3H3,(H,17,18)/b8-4+,15-6?. The van der Waals surface area contributed by atoms with Crippen molar-refractivity contribution in [2.24, 2.45) is 12.0 Å². The third-order valence-electron chi connectivity index (χ3n) is 2.05. The first-order valence-electron chi connectivity index (χ1n) is 4.85. The highest BCUT2D eigenvalue weighted by Gasteiger charge is 2.11. The second-order valence-electron chi connectivity index (χ2n) is 3.46. The number of carboxylic acid groups (broad SMARTS) is 1. The van der Waals surface area contributed by atoms with Crippen molar-refractivity contribution in [3.05, 3.63) is 35.4 Å². The molecule has 0 amide bonds. The number of halogens is 2. The zero-order valence-electron chi connectivity index (χ0n) is 9.81. The van der Waals surface area contributed by atoms with Gasteiger partial charge < -0.3 is 9.67 Å². The van der Waals surface area contributed by atoms with E-state index in [9.17, 15) is 9.18 Å². The molecule has 96 valence electrons. The number of hydrogen-bond acceptors (Lipinski definition) is 3. The average molecular weight is 272 g/mol. The number of rotatable bonds is 4. The maximum atomic E-state index is 12.6. The molecule has 0 atom stereocenters. The molecule has 0 aliphatic heterocycles. The summed E-state index contributed by atoms with van der Waals surface area (Å²) in [5.74, 6) is -1.68. The molecule has 0 aliphatic rings. The molecular weight excluding hydrogens is 261 g/mol. The molecule has 1 rings (SSSR count). The van der Waals surface area contributed by atoms with Crippen LogP contribution in [0, 0.1) is 0 Å². The van der Waals surface area contributed by atoms with Gasteiger partial charge in [-0.25, -0.2) is 19.2 Å². The molecule has 1 aromatic rings. The van der Waals surface area contributed by atoms with Gasteiger partial charge in [0.15, 0.2) is 0 Å². The summed E-state index contributed by atoms with van der Waals surface area (Å²) in [5, 5.41) is 8.66. The minimum atomic E-state index is -1.10. The topological polar surface area (TPSA) is 67.5 Å². The highest BCUT2D eigenvalue weighted by Crippen LogP contribution is 2.16. The van der Waals surface area contributed by atoms with Crippen LogP contribution in [-0.4, -0.2) is 26.3 Å². The molecular formula is C11H11ClFN3O2. The summed E-state index contributed by atoms with van der Waals surface area (Å²) in [6.07, 6.45) is 2.47. The normalized spacial score (nSPS) is 12.7. The molecule has 7 heteroatoms. The van der Waals surface area contributed by atoms with Gasteiger partial charge in [0.1, 0.15) is 11.5 Å². The maximum absolute atomic E-state index is 12.6.